The highest BCUT2D eigenvalue weighted by molar-refractivity contribution is 7.90. The fourth-order valence-corrected chi connectivity index (χ4v) is 4.94. The van der Waals surface area contributed by atoms with Gasteiger partial charge in [0, 0.05) is 31.6 Å². The SMILES string of the molecule is CN1CCCC1=NS(=O)(=O)c1cccc(NC(=O)C2CCCC(C(F)(F)F)C2)c1. The lowest BCUT2D eigenvalue weighted by Crippen LogP contribution is -2.34. The van der Waals surface area contributed by atoms with Gasteiger partial charge in [-0.05, 0) is 43.9 Å². The number of carbonyl (C=O) groups excluding carboxylic acids is 1. The molecule has 6 nitrogen and oxygen atoms in total. The normalized spacial score (nSPS) is 24.7. The zero-order valence-electron chi connectivity index (χ0n) is 16.1. The first-order valence-electron chi connectivity index (χ1n) is 9.59. The third-order valence-electron chi connectivity index (χ3n) is 5.47. The first kappa shape index (κ1) is 21.6. The summed E-state index contributed by atoms with van der Waals surface area (Å²) in [5.41, 5.74) is 0.227. The summed E-state index contributed by atoms with van der Waals surface area (Å²) in [5, 5.41) is 2.57. The molecule has 2 atom stereocenters. The van der Waals surface area contributed by atoms with Gasteiger partial charge in [-0.3, -0.25) is 4.79 Å². The molecule has 1 aliphatic carbocycles. The smallest absolute Gasteiger partial charge is 0.362 e. The van der Waals surface area contributed by atoms with Gasteiger partial charge < -0.3 is 10.2 Å². The second kappa shape index (κ2) is 8.33. The van der Waals surface area contributed by atoms with Crippen molar-refractivity contribution in [2.75, 3.05) is 18.9 Å². The highest BCUT2D eigenvalue weighted by Crippen LogP contribution is 2.40. The summed E-state index contributed by atoms with van der Waals surface area (Å²) in [6.07, 6.45) is -2.38. The lowest BCUT2D eigenvalue weighted by atomic mass is 9.80. The van der Waals surface area contributed by atoms with E-state index >= 15 is 0 Å². The second-order valence-electron chi connectivity index (χ2n) is 7.63. The van der Waals surface area contributed by atoms with Crippen LogP contribution in [0.2, 0.25) is 0 Å². The van der Waals surface area contributed by atoms with Crippen LogP contribution in [0.5, 0.6) is 0 Å². The first-order chi connectivity index (χ1) is 13.6. The van der Waals surface area contributed by atoms with Gasteiger partial charge >= 0.3 is 6.18 Å². The Kier molecular flexibility index (Phi) is 6.21. The van der Waals surface area contributed by atoms with Crippen molar-refractivity contribution in [3.05, 3.63) is 24.3 Å². The molecule has 0 radical (unpaired) electrons. The van der Waals surface area contributed by atoms with E-state index in [1.807, 2.05) is 0 Å². The molecule has 29 heavy (non-hydrogen) atoms. The van der Waals surface area contributed by atoms with E-state index in [4.69, 9.17) is 0 Å². The number of nitrogens with zero attached hydrogens (tertiary/aromatic N) is 2. The maximum atomic E-state index is 13.0. The molecule has 10 heteroatoms. The summed E-state index contributed by atoms with van der Waals surface area (Å²) >= 11 is 0. The molecule has 1 aromatic rings. The number of hydrogen-bond donors (Lipinski definition) is 1. The summed E-state index contributed by atoms with van der Waals surface area (Å²) < 4.78 is 67.9. The molecular weight excluding hydrogens is 407 g/mol. The molecular formula is C19H24F3N3O3S. The Hall–Kier alpha value is -2.10. The first-order valence-corrected chi connectivity index (χ1v) is 11.0. The molecule has 1 amide bonds. The molecule has 1 aromatic carbocycles. The lowest BCUT2D eigenvalue weighted by molar-refractivity contribution is -0.185. The number of carbonyl (C=O) groups is 1. The Morgan fingerprint density at radius 1 is 1.24 bits per heavy atom. The van der Waals surface area contributed by atoms with Crippen LogP contribution in [0, 0.1) is 11.8 Å². The number of alkyl halides is 3. The van der Waals surface area contributed by atoms with Gasteiger partial charge in [0.1, 0.15) is 5.84 Å². The van der Waals surface area contributed by atoms with Gasteiger partial charge in [0.2, 0.25) is 5.91 Å². The molecule has 2 fully saturated rings. The Morgan fingerprint density at radius 3 is 2.66 bits per heavy atom. The van der Waals surface area contributed by atoms with Gasteiger partial charge in [-0.25, -0.2) is 0 Å². The van der Waals surface area contributed by atoms with E-state index in [1.54, 1.807) is 11.9 Å². The maximum absolute atomic E-state index is 13.0. The number of likely N-dealkylation sites (tertiary alicyclic amines) is 1. The molecule has 0 spiro atoms. The summed E-state index contributed by atoms with van der Waals surface area (Å²) in [7, 11) is -2.17. The molecule has 1 saturated carbocycles. The fraction of sp³-hybridized carbons (Fsp3) is 0.579. The highest BCUT2D eigenvalue weighted by Gasteiger charge is 2.43. The second-order valence-corrected chi connectivity index (χ2v) is 9.23. The van der Waals surface area contributed by atoms with Crippen molar-refractivity contribution in [3.8, 4) is 0 Å². The molecule has 1 aliphatic heterocycles. The highest BCUT2D eigenvalue weighted by atomic mass is 32.2. The van der Waals surface area contributed by atoms with Gasteiger partial charge in [-0.15, -0.1) is 4.40 Å². The molecule has 3 rings (SSSR count). The predicted octanol–water partition coefficient (Wildman–Crippen LogP) is 3.81. The number of amides is 1. The van der Waals surface area contributed by atoms with Crippen molar-refractivity contribution in [1.29, 1.82) is 0 Å². The van der Waals surface area contributed by atoms with Crippen LogP contribution in [0.15, 0.2) is 33.6 Å². The van der Waals surface area contributed by atoms with E-state index in [-0.39, 0.29) is 23.4 Å². The third kappa shape index (κ3) is 5.29. The van der Waals surface area contributed by atoms with E-state index in [0.717, 1.165) is 13.0 Å². The quantitative estimate of drug-likeness (QED) is 0.786. The minimum Gasteiger partial charge on any atom is -0.362 e. The van der Waals surface area contributed by atoms with E-state index in [2.05, 4.69) is 9.71 Å². The van der Waals surface area contributed by atoms with E-state index in [0.29, 0.717) is 25.1 Å². The number of anilines is 1. The van der Waals surface area contributed by atoms with Gasteiger partial charge in [-0.2, -0.15) is 21.6 Å². The van der Waals surface area contributed by atoms with Crippen molar-refractivity contribution >= 4 is 27.5 Å². The van der Waals surface area contributed by atoms with Crippen molar-refractivity contribution in [1.82, 2.24) is 4.90 Å². The Morgan fingerprint density at radius 2 is 2.00 bits per heavy atom. The van der Waals surface area contributed by atoms with Crippen LogP contribution in [-0.2, 0) is 14.8 Å². The number of hydrogen-bond acceptors (Lipinski definition) is 3. The minimum atomic E-state index is -4.31. The van der Waals surface area contributed by atoms with Gasteiger partial charge in [0.25, 0.3) is 10.0 Å². The predicted molar refractivity (Wildman–Crippen MR) is 103 cm³/mol. The van der Waals surface area contributed by atoms with Crippen molar-refractivity contribution < 1.29 is 26.4 Å². The number of sulfonamides is 1. The number of amidine groups is 1. The van der Waals surface area contributed by atoms with Crippen LogP contribution >= 0.6 is 0 Å². The molecule has 1 N–H and O–H groups in total. The summed E-state index contributed by atoms with van der Waals surface area (Å²) in [4.78, 5) is 14.2. The Labute approximate surface area is 168 Å². The summed E-state index contributed by atoms with van der Waals surface area (Å²) in [5.74, 6) is -2.25. The topological polar surface area (TPSA) is 78.8 Å². The van der Waals surface area contributed by atoms with Crippen molar-refractivity contribution in [2.24, 2.45) is 16.2 Å². The molecule has 1 heterocycles. The molecule has 2 unspecified atom stereocenters. The zero-order chi connectivity index (χ0) is 21.2. The number of rotatable bonds is 4. The minimum absolute atomic E-state index is 0.0375. The standard InChI is InChI=1S/C19H24F3N3O3S/c1-25-10-4-9-17(25)24-29(27,28)16-8-3-7-15(12-16)23-18(26)13-5-2-6-14(11-13)19(20,21)22/h3,7-8,12-14H,2,4-6,9-11H2,1H3,(H,23,26). The Balaban J connectivity index is 1.72. The number of halogens is 3. The maximum Gasteiger partial charge on any atom is 0.391 e. The average molecular weight is 431 g/mol. The van der Waals surface area contributed by atoms with E-state index < -0.39 is 33.9 Å². The molecule has 160 valence electrons. The molecule has 1 saturated heterocycles. The van der Waals surface area contributed by atoms with E-state index in [1.165, 1.54) is 24.3 Å². The Bertz CT molecular complexity index is 899. The van der Waals surface area contributed by atoms with E-state index in [9.17, 15) is 26.4 Å². The number of benzene rings is 1. The van der Waals surface area contributed by atoms with Crippen LogP contribution < -0.4 is 5.32 Å². The average Bonchev–Trinajstić information content (AvgIpc) is 3.05. The van der Waals surface area contributed by atoms with Crippen LogP contribution in [-0.4, -0.2) is 44.8 Å². The van der Waals surface area contributed by atoms with Crippen molar-refractivity contribution in [2.45, 2.75) is 49.6 Å². The van der Waals surface area contributed by atoms with Crippen LogP contribution in [0.4, 0.5) is 18.9 Å². The lowest BCUT2D eigenvalue weighted by Gasteiger charge is -2.29. The largest absolute Gasteiger partial charge is 0.391 e. The van der Waals surface area contributed by atoms with Crippen molar-refractivity contribution in [3.63, 3.8) is 0 Å². The molecule has 0 aromatic heterocycles. The summed E-state index contributed by atoms with van der Waals surface area (Å²) in [6.45, 7) is 0.741. The fourth-order valence-electron chi connectivity index (χ4n) is 3.80. The third-order valence-corrected chi connectivity index (χ3v) is 6.77. The van der Waals surface area contributed by atoms with Crippen LogP contribution in [0.3, 0.4) is 0 Å². The van der Waals surface area contributed by atoms with Crippen LogP contribution in [0.25, 0.3) is 0 Å². The molecule has 0 bridgehead atoms. The van der Waals surface area contributed by atoms with Gasteiger partial charge in [0.05, 0.1) is 10.8 Å². The zero-order valence-corrected chi connectivity index (χ0v) is 16.9. The summed E-state index contributed by atoms with van der Waals surface area (Å²) in [6, 6.07) is 5.65. The van der Waals surface area contributed by atoms with Gasteiger partial charge in [-0.1, -0.05) is 12.5 Å². The molecule has 2 aliphatic rings. The van der Waals surface area contributed by atoms with Crippen LogP contribution in [0.1, 0.15) is 38.5 Å². The number of nitrogens with one attached hydrogen (secondary N) is 1. The monoisotopic (exact) mass is 431 g/mol. The van der Waals surface area contributed by atoms with Gasteiger partial charge in [0.15, 0.2) is 0 Å².